The molecule has 0 unspecified atom stereocenters. The summed E-state index contributed by atoms with van der Waals surface area (Å²) in [6.45, 7) is 11.8. The minimum atomic E-state index is -1.94. The number of rotatable bonds is 9. The summed E-state index contributed by atoms with van der Waals surface area (Å²) in [4.78, 5) is 13.8. The fraction of sp³-hybridized carbons (Fsp3) is 0.250. The fourth-order valence-electron chi connectivity index (χ4n) is 5.09. The largest absolute Gasteiger partial charge is 0.463 e. The summed E-state index contributed by atoms with van der Waals surface area (Å²) in [7, 11) is -1.94. The van der Waals surface area contributed by atoms with Gasteiger partial charge in [-0.25, -0.2) is 0 Å². The van der Waals surface area contributed by atoms with E-state index in [4.69, 9.17) is 8.84 Å². The van der Waals surface area contributed by atoms with Crippen molar-refractivity contribution >= 4 is 70.4 Å². The third-order valence-electron chi connectivity index (χ3n) is 8.54. The van der Waals surface area contributed by atoms with Crippen LogP contribution in [-0.2, 0) is 10.0 Å². The van der Waals surface area contributed by atoms with Gasteiger partial charge in [0.2, 0.25) is 0 Å². The first-order valence-electron chi connectivity index (χ1n) is 14.6. The molecule has 0 radical (unpaired) electrons. The second-order valence-electron chi connectivity index (χ2n) is 12.5. The predicted molar refractivity (Wildman–Crippen MR) is 198 cm³/mol. The van der Waals surface area contributed by atoms with E-state index in [1.165, 1.54) is 0 Å². The highest BCUT2D eigenvalue weighted by Crippen LogP contribution is 2.43. The Bertz CT molecular complexity index is 1720. The van der Waals surface area contributed by atoms with Crippen molar-refractivity contribution in [3.8, 4) is 11.1 Å². The van der Waals surface area contributed by atoms with E-state index in [1.54, 1.807) is 6.26 Å². The number of benzene rings is 4. The van der Waals surface area contributed by atoms with Crippen molar-refractivity contribution in [1.29, 1.82) is 0 Å². The molecule has 0 aliphatic heterocycles. The van der Waals surface area contributed by atoms with Crippen LogP contribution < -0.4 is 5.32 Å². The number of fused-ring (bicyclic) bond motifs is 1. The van der Waals surface area contributed by atoms with Crippen molar-refractivity contribution in [3.63, 3.8) is 0 Å². The monoisotopic (exact) mass is 829 g/mol. The Kier molecular flexibility index (Phi) is 9.77. The van der Waals surface area contributed by atoms with Crippen molar-refractivity contribution < 1.29 is 18.7 Å². The molecule has 0 saturated heterocycles. The van der Waals surface area contributed by atoms with Crippen LogP contribution in [0, 0.1) is 7.14 Å². The predicted octanol–water partition coefficient (Wildman–Crippen LogP) is 9.34. The van der Waals surface area contributed by atoms with Gasteiger partial charge in [0.05, 0.1) is 18.4 Å². The van der Waals surface area contributed by atoms with Gasteiger partial charge in [-0.2, -0.15) is 0 Å². The second kappa shape index (κ2) is 13.1. The third kappa shape index (κ3) is 6.69. The number of furan rings is 1. The van der Waals surface area contributed by atoms with E-state index < -0.39 is 13.9 Å². The molecule has 5 aromatic rings. The second-order valence-corrected chi connectivity index (χ2v) is 19.8. The summed E-state index contributed by atoms with van der Waals surface area (Å²) < 4.78 is 14.7. The molecule has 1 amide bonds. The van der Waals surface area contributed by atoms with Crippen LogP contribution in [0.3, 0.4) is 0 Å². The first-order valence-corrected chi connectivity index (χ1v) is 19.7. The highest BCUT2D eigenvalue weighted by atomic mass is 127. The van der Waals surface area contributed by atoms with Gasteiger partial charge < -0.3 is 19.3 Å². The molecule has 0 bridgehead atoms. The Balaban J connectivity index is 1.63. The van der Waals surface area contributed by atoms with Crippen molar-refractivity contribution in [2.45, 2.75) is 44.5 Å². The van der Waals surface area contributed by atoms with Gasteiger partial charge in [-0.1, -0.05) is 81.4 Å². The molecule has 44 heavy (non-hydrogen) atoms. The fourth-order valence-corrected chi connectivity index (χ4v) is 8.08. The van der Waals surface area contributed by atoms with E-state index in [9.17, 15) is 9.90 Å². The van der Waals surface area contributed by atoms with Gasteiger partial charge in [0.25, 0.3) is 5.91 Å². The van der Waals surface area contributed by atoms with Gasteiger partial charge in [-0.3, -0.25) is 4.79 Å². The SMILES string of the molecule is CC(C)(C)[Si](C)(C)OCCNC(=O)c1cc(-c2cc(I)cc(I)c2)cc2c(C(O)(c3ccccc3)c3ccccc3)coc12. The number of carbonyl (C=O) groups excluding carboxylic acids is 1. The average Bonchev–Trinajstić information content (AvgIpc) is 3.43. The molecular weight excluding hydrogens is 792 g/mol. The number of amides is 1. The van der Waals surface area contributed by atoms with E-state index >= 15 is 0 Å². The average molecular weight is 830 g/mol. The molecular formula is C36H37I2NO4Si. The molecule has 8 heteroatoms. The van der Waals surface area contributed by atoms with Crippen LogP contribution in [0.2, 0.25) is 18.1 Å². The lowest BCUT2D eigenvalue weighted by Gasteiger charge is -2.36. The Morgan fingerprint density at radius 3 is 1.95 bits per heavy atom. The summed E-state index contributed by atoms with van der Waals surface area (Å²) >= 11 is 4.63. The van der Waals surface area contributed by atoms with Gasteiger partial charge in [-0.05, 0) is 116 Å². The Hall–Kier alpha value is -2.51. The van der Waals surface area contributed by atoms with E-state index in [0.717, 1.165) is 18.3 Å². The lowest BCUT2D eigenvalue weighted by Crippen LogP contribution is -2.42. The van der Waals surface area contributed by atoms with Crippen LogP contribution in [0.15, 0.2) is 102 Å². The Labute approximate surface area is 287 Å². The molecule has 4 aromatic carbocycles. The summed E-state index contributed by atoms with van der Waals surface area (Å²) in [6.07, 6.45) is 1.59. The van der Waals surface area contributed by atoms with Gasteiger partial charge in [0, 0.05) is 24.6 Å². The first kappa shape index (κ1) is 32.9. The Morgan fingerprint density at radius 2 is 1.41 bits per heavy atom. The van der Waals surface area contributed by atoms with Crippen LogP contribution in [0.4, 0.5) is 0 Å². The molecule has 1 heterocycles. The number of aliphatic hydroxyl groups is 1. The normalized spacial score (nSPS) is 12.5. The van der Waals surface area contributed by atoms with Gasteiger partial charge in [0.1, 0.15) is 11.2 Å². The standard InChI is InChI=1S/C36H37I2NO4Si/c1-35(2,3)44(4,5)43-17-16-39-34(40)31-21-25(24-18-28(37)22-29(38)19-24)20-30-32(23-42-33(30)31)36(41,26-12-8-6-9-13-26)27-14-10-7-11-15-27/h6-15,18-23,41H,16-17H2,1-5H3,(H,39,40). The smallest absolute Gasteiger partial charge is 0.255 e. The molecule has 0 spiro atoms. The maximum Gasteiger partial charge on any atom is 0.255 e. The van der Waals surface area contributed by atoms with E-state index in [2.05, 4.69) is 103 Å². The molecule has 0 atom stereocenters. The third-order valence-corrected chi connectivity index (χ3v) is 14.3. The van der Waals surface area contributed by atoms with Crippen LogP contribution >= 0.6 is 45.2 Å². The van der Waals surface area contributed by atoms with Crippen molar-refractivity contribution in [3.05, 3.63) is 127 Å². The van der Waals surface area contributed by atoms with Crippen molar-refractivity contribution in [2.24, 2.45) is 0 Å². The number of hydrogen-bond acceptors (Lipinski definition) is 4. The molecule has 2 N–H and O–H groups in total. The molecule has 228 valence electrons. The van der Waals surface area contributed by atoms with Gasteiger partial charge in [0.15, 0.2) is 8.32 Å². The number of halogens is 2. The molecule has 5 nitrogen and oxygen atoms in total. The lowest BCUT2D eigenvalue weighted by atomic mass is 9.80. The van der Waals surface area contributed by atoms with Crippen LogP contribution in [0.5, 0.6) is 0 Å². The van der Waals surface area contributed by atoms with E-state index in [0.29, 0.717) is 46.4 Å². The van der Waals surface area contributed by atoms with Crippen LogP contribution in [-0.4, -0.2) is 32.5 Å². The lowest BCUT2D eigenvalue weighted by molar-refractivity contribution is 0.0946. The first-order chi connectivity index (χ1) is 20.8. The van der Waals surface area contributed by atoms with Crippen molar-refractivity contribution in [2.75, 3.05) is 13.2 Å². The zero-order valence-corrected chi connectivity index (χ0v) is 30.9. The van der Waals surface area contributed by atoms with Crippen LogP contribution in [0.1, 0.15) is 47.8 Å². The summed E-state index contributed by atoms with van der Waals surface area (Å²) in [5, 5.41) is 16.5. The maximum absolute atomic E-state index is 13.8. The molecule has 0 fully saturated rings. The van der Waals surface area contributed by atoms with Crippen molar-refractivity contribution in [1.82, 2.24) is 5.32 Å². The quantitative estimate of drug-likeness (QED) is 0.0884. The minimum Gasteiger partial charge on any atom is -0.463 e. The molecule has 5 rings (SSSR count). The summed E-state index contributed by atoms with van der Waals surface area (Å²) in [6, 6.07) is 29.3. The summed E-state index contributed by atoms with van der Waals surface area (Å²) in [5.41, 5.74) is 3.15. The topological polar surface area (TPSA) is 71.7 Å². The molecule has 1 aromatic heterocycles. The molecule has 0 aliphatic carbocycles. The zero-order valence-electron chi connectivity index (χ0n) is 25.6. The van der Waals surface area contributed by atoms with E-state index in [-0.39, 0.29) is 10.9 Å². The molecule has 0 saturated carbocycles. The van der Waals surface area contributed by atoms with Gasteiger partial charge >= 0.3 is 0 Å². The molecule has 0 aliphatic rings. The number of carbonyl (C=O) groups is 1. The summed E-state index contributed by atoms with van der Waals surface area (Å²) in [5.74, 6) is -0.250. The number of hydrogen-bond donors (Lipinski definition) is 2. The maximum atomic E-state index is 13.8. The zero-order chi connectivity index (χ0) is 31.7. The highest BCUT2D eigenvalue weighted by molar-refractivity contribution is 14.1. The van der Waals surface area contributed by atoms with Gasteiger partial charge in [-0.15, -0.1) is 0 Å². The highest BCUT2D eigenvalue weighted by Gasteiger charge is 2.38. The minimum absolute atomic E-state index is 0.0844. The van der Waals surface area contributed by atoms with Crippen LogP contribution in [0.25, 0.3) is 22.1 Å². The number of nitrogens with one attached hydrogen (secondary N) is 1. The Morgan fingerprint density at radius 1 is 0.864 bits per heavy atom. The van der Waals surface area contributed by atoms with E-state index in [1.807, 2.05) is 72.8 Å².